The number of hydrogen-bond acceptors (Lipinski definition) is 8. The zero-order valence-corrected chi connectivity index (χ0v) is 24.4. The molecule has 5 aromatic carbocycles. The quantitative estimate of drug-likeness (QED) is 0.187. The van der Waals surface area contributed by atoms with Crippen molar-refractivity contribution in [1.82, 2.24) is 8.75 Å². The van der Waals surface area contributed by atoms with Gasteiger partial charge in [0.2, 0.25) is 5.43 Å². The molecule has 0 aliphatic carbocycles. The number of benzene rings is 4. The third kappa shape index (κ3) is 4.65. The summed E-state index contributed by atoms with van der Waals surface area (Å²) in [4.78, 5) is 32.7. The maximum Gasteiger partial charge on any atom is 0.252 e. The first-order valence-corrected chi connectivity index (χ1v) is 14.8. The molecule has 0 aliphatic rings. The molecule has 0 spiro atoms. The van der Waals surface area contributed by atoms with E-state index in [0.717, 1.165) is 44.6 Å². The first-order chi connectivity index (χ1) is 20.8. The van der Waals surface area contributed by atoms with Crippen LogP contribution in [-0.4, -0.2) is 8.75 Å². The van der Waals surface area contributed by atoms with Crippen molar-refractivity contribution in [2.24, 2.45) is 4.99 Å². The Kier molecular flexibility index (Phi) is 6.52. The van der Waals surface area contributed by atoms with Gasteiger partial charge < -0.3 is 4.90 Å². The van der Waals surface area contributed by atoms with Gasteiger partial charge in [0.15, 0.2) is 0 Å². The van der Waals surface area contributed by atoms with Gasteiger partial charge in [-0.3, -0.25) is 9.59 Å². The molecular weight excluding hydrogens is 587 g/mol. The number of aryl methyl sites for hydroxylation is 2. The second-order valence-electron chi connectivity index (χ2n) is 10.2. The van der Waals surface area contributed by atoms with Gasteiger partial charge in [0, 0.05) is 33.3 Å². The van der Waals surface area contributed by atoms with Crippen molar-refractivity contribution in [1.29, 1.82) is 0 Å². The van der Waals surface area contributed by atoms with Crippen LogP contribution in [0.1, 0.15) is 11.1 Å². The van der Waals surface area contributed by atoms with Crippen molar-refractivity contribution in [3.63, 3.8) is 0 Å². The predicted octanol–water partition coefficient (Wildman–Crippen LogP) is 7.77. The average Bonchev–Trinajstić information content (AvgIpc) is 3.72. The molecule has 0 radical (unpaired) electrons. The van der Waals surface area contributed by atoms with Gasteiger partial charge in [0.25, 0.3) is 5.43 Å². The fourth-order valence-electron chi connectivity index (χ4n) is 5.09. The Morgan fingerprint density at radius 3 is 2.07 bits per heavy atom. The lowest BCUT2D eigenvalue weighted by Crippen LogP contribution is -2.30. The molecule has 0 saturated carbocycles. The van der Waals surface area contributed by atoms with E-state index in [1.54, 1.807) is 17.4 Å². The molecule has 0 N–H and O–H groups in total. The number of aromatic nitrogens is 2. The minimum atomic E-state index is -1.09. The van der Waals surface area contributed by atoms with Crippen LogP contribution in [0.4, 0.5) is 30.8 Å². The zero-order chi connectivity index (χ0) is 29.8. The molecule has 2 heterocycles. The molecule has 210 valence electrons. The molecule has 7 aromatic rings. The molecule has 43 heavy (non-hydrogen) atoms. The molecule has 0 amide bonds. The number of thiophene rings is 1. The summed E-state index contributed by atoms with van der Waals surface area (Å²) >= 11 is 2.58. The first kappa shape index (κ1) is 26.9. The maximum atomic E-state index is 14.4. The highest BCUT2D eigenvalue weighted by atomic mass is 32.1. The van der Waals surface area contributed by atoms with Crippen LogP contribution in [0.25, 0.3) is 32.2 Å². The van der Waals surface area contributed by atoms with Gasteiger partial charge in [-0.2, -0.15) is 8.75 Å². The van der Waals surface area contributed by atoms with Gasteiger partial charge in [0.05, 0.1) is 22.8 Å². The summed E-state index contributed by atoms with van der Waals surface area (Å²) in [6, 6.07) is 25.8. The lowest BCUT2D eigenvalue weighted by Gasteiger charge is -2.24. The molecule has 0 fully saturated rings. The van der Waals surface area contributed by atoms with E-state index in [-0.39, 0.29) is 16.4 Å². The molecule has 2 aromatic heterocycles. The molecule has 0 saturated heterocycles. The van der Waals surface area contributed by atoms with E-state index in [1.165, 1.54) is 11.1 Å². The minimum absolute atomic E-state index is 0.164. The SMILES string of the molecule is Cc1ccc(N(c2ccc(C)cc2)c2ccc(-c3ccc(/N=c4\c(=O)c(=O)c5c(F)cc(F)cc45)c4nsnc34)s2)cc1. The van der Waals surface area contributed by atoms with E-state index in [4.69, 9.17) is 0 Å². The van der Waals surface area contributed by atoms with Crippen LogP contribution in [0.2, 0.25) is 0 Å². The summed E-state index contributed by atoms with van der Waals surface area (Å²) in [5.74, 6) is -1.99. The molecule has 6 nitrogen and oxygen atoms in total. The van der Waals surface area contributed by atoms with Crippen molar-refractivity contribution in [2.75, 3.05) is 4.90 Å². The van der Waals surface area contributed by atoms with E-state index in [2.05, 4.69) is 87.1 Å². The largest absolute Gasteiger partial charge is 0.302 e. The third-order valence-corrected chi connectivity index (χ3v) is 8.88. The monoisotopic (exact) mass is 606 g/mol. The smallest absolute Gasteiger partial charge is 0.252 e. The first-order valence-electron chi connectivity index (χ1n) is 13.2. The normalized spacial score (nSPS) is 12.0. The Balaban J connectivity index is 1.35. The Morgan fingerprint density at radius 2 is 1.40 bits per heavy atom. The van der Waals surface area contributed by atoms with E-state index in [1.807, 2.05) is 12.1 Å². The van der Waals surface area contributed by atoms with Gasteiger partial charge in [0.1, 0.15) is 33.0 Å². The molecule has 7 rings (SSSR count). The van der Waals surface area contributed by atoms with Crippen LogP contribution in [-0.2, 0) is 0 Å². The van der Waals surface area contributed by atoms with E-state index >= 15 is 0 Å². The molecule has 0 bridgehead atoms. The highest BCUT2D eigenvalue weighted by Crippen LogP contribution is 2.44. The molecular formula is C33H20F2N4O2S2. The third-order valence-electron chi connectivity index (χ3n) is 7.25. The van der Waals surface area contributed by atoms with Crippen LogP contribution in [0.3, 0.4) is 0 Å². The van der Waals surface area contributed by atoms with Crippen LogP contribution in [0.15, 0.2) is 99.5 Å². The molecule has 10 heteroatoms. The highest BCUT2D eigenvalue weighted by Gasteiger charge is 2.20. The van der Waals surface area contributed by atoms with Gasteiger partial charge in [-0.25, -0.2) is 13.8 Å². The van der Waals surface area contributed by atoms with Crippen LogP contribution in [0, 0.1) is 25.5 Å². The second kappa shape index (κ2) is 10.4. The van der Waals surface area contributed by atoms with Crippen LogP contribution in [0.5, 0.6) is 0 Å². The number of fused-ring (bicyclic) bond motifs is 2. The summed E-state index contributed by atoms with van der Waals surface area (Å²) in [6.07, 6.45) is 0. The molecule has 0 unspecified atom stereocenters. The van der Waals surface area contributed by atoms with Gasteiger partial charge in [-0.15, -0.1) is 11.3 Å². The Hall–Kier alpha value is -4.93. The van der Waals surface area contributed by atoms with Gasteiger partial charge >= 0.3 is 0 Å². The maximum absolute atomic E-state index is 14.4. The Morgan fingerprint density at radius 1 is 0.744 bits per heavy atom. The summed E-state index contributed by atoms with van der Waals surface area (Å²) in [6.45, 7) is 4.11. The van der Waals surface area contributed by atoms with Crippen molar-refractivity contribution in [3.05, 3.63) is 133 Å². The van der Waals surface area contributed by atoms with Crippen molar-refractivity contribution < 1.29 is 8.78 Å². The molecule has 0 aliphatic heterocycles. The van der Waals surface area contributed by atoms with E-state index in [0.29, 0.717) is 17.1 Å². The number of hydrogen-bond donors (Lipinski definition) is 0. The lowest BCUT2D eigenvalue weighted by atomic mass is 10.1. The summed E-state index contributed by atoms with van der Waals surface area (Å²) in [5.41, 5.74) is 4.44. The fraction of sp³-hybridized carbons (Fsp3) is 0.0606. The fourth-order valence-corrected chi connectivity index (χ4v) is 6.74. The number of nitrogens with zero attached hydrogens (tertiary/aromatic N) is 4. The van der Waals surface area contributed by atoms with Crippen molar-refractivity contribution in [3.8, 4) is 10.4 Å². The number of anilines is 3. The highest BCUT2D eigenvalue weighted by molar-refractivity contribution is 7.19. The minimum Gasteiger partial charge on any atom is -0.302 e. The zero-order valence-electron chi connectivity index (χ0n) is 22.8. The second-order valence-corrected chi connectivity index (χ2v) is 11.8. The Bertz CT molecular complexity index is 2290. The summed E-state index contributed by atoms with van der Waals surface area (Å²) in [7, 11) is 0. The number of halogens is 2. The van der Waals surface area contributed by atoms with Gasteiger partial charge in [-0.05, 0) is 68.4 Å². The van der Waals surface area contributed by atoms with Crippen LogP contribution >= 0.6 is 23.1 Å². The van der Waals surface area contributed by atoms with E-state index in [9.17, 15) is 18.4 Å². The predicted molar refractivity (Wildman–Crippen MR) is 169 cm³/mol. The molecule has 0 atom stereocenters. The van der Waals surface area contributed by atoms with Crippen LogP contribution < -0.4 is 21.1 Å². The lowest BCUT2D eigenvalue weighted by molar-refractivity contribution is 0.592. The van der Waals surface area contributed by atoms with Gasteiger partial charge in [-0.1, -0.05) is 35.4 Å². The van der Waals surface area contributed by atoms with E-state index < -0.39 is 27.9 Å². The average molecular weight is 607 g/mol. The summed E-state index contributed by atoms with van der Waals surface area (Å²) < 4.78 is 37.3. The standard InChI is InChI=1S/C33H20F2N4O2S2/c1-17-3-7-20(8-4-17)39(21-9-5-18(2)6-10-21)27-14-13-26(42-27)22-11-12-25(31-29(22)37-43-38-31)36-30-23-15-19(34)16-24(35)28(23)32(40)33(30)41/h3-16H,1-2H3/b36-30-. The van der Waals surface area contributed by atoms with Crippen molar-refractivity contribution in [2.45, 2.75) is 13.8 Å². The summed E-state index contributed by atoms with van der Waals surface area (Å²) in [5, 5.41) is 0.0557. The Labute approximate surface area is 251 Å². The number of rotatable bonds is 5. The van der Waals surface area contributed by atoms with Crippen molar-refractivity contribution >= 4 is 66.9 Å². The topological polar surface area (TPSA) is 75.5 Å².